The van der Waals surface area contributed by atoms with Crippen molar-refractivity contribution >= 4 is 34.6 Å². The zero-order valence-electron chi connectivity index (χ0n) is 11.7. The number of carbonyl (C=O) groups is 1. The quantitative estimate of drug-likeness (QED) is 0.517. The lowest BCUT2D eigenvalue weighted by Gasteiger charge is -2.09. The SMILES string of the molecule is Cc1ccc(NC(=S)NC(=O)c2cccc([N+](=O)[O-])c2)cc1. The van der Waals surface area contributed by atoms with Crippen molar-refractivity contribution in [2.24, 2.45) is 0 Å². The van der Waals surface area contributed by atoms with E-state index in [2.05, 4.69) is 10.6 Å². The van der Waals surface area contributed by atoms with Crippen LogP contribution in [0.4, 0.5) is 11.4 Å². The van der Waals surface area contributed by atoms with Crippen LogP contribution < -0.4 is 10.6 Å². The molecule has 0 aromatic heterocycles. The highest BCUT2D eigenvalue weighted by Crippen LogP contribution is 2.13. The number of nitrogens with zero attached hydrogens (tertiary/aromatic N) is 1. The molecule has 22 heavy (non-hydrogen) atoms. The zero-order chi connectivity index (χ0) is 16.1. The number of aryl methyl sites for hydroxylation is 1. The van der Waals surface area contributed by atoms with E-state index < -0.39 is 10.8 Å². The monoisotopic (exact) mass is 315 g/mol. The first-order chi connectivity index (χ1) is 10.5. The molecule has 2 rings (SSSR count). The van der Waals surface area contributed by atoms with Crippen molar-refractivity contribution in [3.8, 4) is 0 Å². The van der Waals surface area contributed by atoms with Crippen LogP contribution in [0.25, 0.3) is 0 Å². The van der Waals surface area contributed by atoms with Crippen LogP contribution in [0.3, 0.4) is 0 Å². The van der Waals surface area contributed by atoms with E-state index in [0.717, 1.165) is 11.3 Å². The number of thiocarbonyl (C=S) groups is 1. The summed E-state index contributed by atoms with van der Waals surface area (Å²) in [6, 6.07) is 12.9. The fraction of sp³-hybridized carbons (Fsp3) is 0.0667. The van der Waals surface area contributed by atoms with Gasteiger partial charge in [-0.25, -0.2) is 0 Å². The molecule has 0 aliphatic rings. The summed E-state index contributed by atoms with van der Waals surface area (Å²) in [7, 11) is 0. The Morgan fingerprint density at radius 1 is 1.18 bits per heavy atom. The topological polar surface area (TPSA) is 84.3 Å². The summed E-state index contributed by atoms with van der Waals surface area (Å²) in [5.41, 5.74) is 1.87. The van der Waals surface area contributed by atoms with E-state index in [-0.39, 0.29) is 16.4 Å². The number of amides is 1. The van der Waals surface area contributed by atoms with Crippen LogP contribution in [0.5, 0.6) is 0 Å². The van der Waals surface area contributed by atoms with Gasteiger partial charge in [0, 0.05) is 23.4 Å². The van der Waals surface area contributed by atoms with Crippen molar-refractivity contribution in [1.82, 2.24) is 5.32 Å². The summed E-state index contributed by atoms with van der Waals surface area (Å²) < 4.78 is 0. The van der Waals surface area contributed by atoms with Gasteiger partial charge in [-0.1, -0.05) is 23.8 Å². The Morgan fingerprint density at radius 3 is 2.50 bits per heavy atom. The van der Waals surface area contributed by atoms with Gasteiger partial charge in [-0.3, -0.25) is 20.2 Å². The smallest absolute Gasteiger partial charge is 0.270 e. The lowest BCUT2D eigenvalue weighted by atomic mass is 10.2. The Kier molecular flexibility index (Phi) is 4.80. The minimum atomic E-state index is -0.556. The fourth-order valence-corrected chi connectivity index (χ4v) is 1.95. The molecule has 0 heterocycles. The normalized spacial score (nSPS) is 9.86. The number of nitro groups is 1. The molecule has 0 aliphatic carbocycles. The maximum absolute atomic E-state index is 12.0. The van der Waals surface area contributed by atoms with Crippen LogP contribution in [0.2, 0.25) is 0 Å². The largest absolute Gasteiger partial charge is 0.332 e. The first-order valence-corrected chi connectivity index (χ1v) is 6.80. The number of benzene rings is 2. The maximum Gasteiger partial charge on any atom is 0.270 e. The summed E-state index contributed by atoms with van der Waals surface area (Å²) in [5.74, 6) is -0.506. The number of nitrogens with one attached hydrogen (secondary N) is 2. The van der Waals surface area contributed by atoms with Crippen LogP contribution in [0.15, 0.2) is 48.5 Å². The third-order valence-electron chi connectivity index (χ3n) is 2.86. The molecule has 2 N–H and O–H groups in total. The lowest BCUT2D eigenvalue weighted by Crippen LogP contribution is -2.34. The molecule has 0 saturated heterocycles. The van der Waals surface area contributed by atoms with Gasteiger partial charge in [0.1, 0.15) is 0 Å². The number of non-ortho nitro benzene ring substituents is 1. The van der Waals surface area contributed by atoms with E-state index in [0.29, 0.717) is 0 Å². The van der Waals surface area contributed by atoms with Gasteiger partial charge in [-0.15, -0.1) is 0 Å². The fourth-order valence-electron chi connectivity index (χ4n) is 1.74. The average molecular weight is 315 g/mol. The summed E-state index contributed by atoms with van der Waals surface area (Å²) in [5, 5.41) is 16.2. The van der Waals surface area contributed by atoms with Crippen molar-refractivity contribution in [1.29, 1.82) is 0 Å². The lowest BCUT2D eigenvalue weighted by molar-refractivity contribution is -0.384. The van der Waals surface area contributed by atoms with Crippen molar-refractivity contribution < 1.29 is 9.72 Å². The van der Waals surface area contributed by atoms with Crippen LogP contribution >= 0.6 is 12.2 Å². The second kappa shape index (κ2) is 6.77. The second-order valence-electron chi connectivity index (χ2n) is 4.58. The summed E-state index contributed by atoms with van der Waals surface area (Å²) in [6.07, 6.45) is 0. The van der Waals surface area contributed by atoms with Crippen molar-refractivity contribution in [3.63, 3.8) is 0 Å². The van der Waals surface area contributed by atoms with Crippen molar-refractivity contribution in [2.45, 2.75) is 6.92 Å². The Hall–Kier alpha value is -2.80. The first kappa shape index (κ1) is 15.6. The second-order valence-corrected chi connectivity index (χ2v) is 4.99. The van der Waals surface area contributed by atoms with Crippen LogP contribution in [0, 0.1) is 17.0 Å². The number of hydrogen-bond donors (Lipinski definition) is 2. The Bertz CT molecular complexity index is 729. The highest BCUT2D eigenvalue weighted by molar-refractivity contribution is 7.80. The molecule has 1 amide bonds. The molecule has 0 saturated carbocycles. The van der Waals surface area contributed by atoms with Gasteiger partial charge < -0.3 is 5.32 Å². The number of carbonyl (C=O) groups excluding carboxylic acids is 1. The summed E-state index contributed by atoms with van der Waals surface area (Å²) in [4.78, 5) is 22.2. The van der Waals surface area contributed by atoms with Gasteiger partial charge in [-0.2, -0.15) is 0 Å². The number of nitro benzene ring substituents is 1. The summed E-state index contributed by atoms with van der Waals surface area (Å²) in [6.45, 7) is 1.96. The van der Waals surface area contributed by atoms with Crippen molar-refractivity contribution in [2.75, 3.05) is 5.32 Å². The van der Waals surface area contributed by atoms with Gasteiger partial charge in [0.2, 0.25) is 0 Å². The molecule has 2 aromatic carbocycles. The predicted molar refractivity (Wildman–Crippen MR) is 88.0 cm³/mol. The molecule has 0 atom stereocenters. The number of hydrogen-bond acceptors (Lipinski definition) is 4. The molecule has 0 bridgehead atoms. The van der Waals surface area contributed by atoms with Gasteiger partial charge in [0.15, 0.2) is 5.11 Å². The Morgan fingerprint density at radius 2 is 1.86 bits per heavy atom. The van der Waals surface area contributed by atoms with Crippen molar-refractivity contribution in [3.05, 3.63) is 69.8 Å². The molecule has 6 nitrogen and oxygen atoms in total. The van der Waals surface area contributed by atoms with Gasteiger partial charge in [0.25, 0.3) is 11.6 Å². The van der Waals surface area contributed by atoms with Crippen LogP contribution in [0.1, 0.15) is 15.9 Å². The van der Waals surface area contributed by atoms with Gasteiger partial charge >= 0.3 is 0 Å². The van der Waals surface area contributed by atoms with Crippen LogP contribution in [-0.4, -0.2) is 15.9 Å². The molecular formula is C15H13N3O3S. The minimum absolute atomic E-state index is 0.125. The molecule has 0 aliphatic heterocycles. The molecular weight excluding hydrogens is 302 g/mol. The maximum atomic E-state index is 12.0. The Balaban J connectivity index is 2.02. The third kappa shape index (κ3) is 4.10. The van der Waals surface area contributed by atoms with E-state index in [9.17, 15) is 14.9 Å². The molecule has 112 valence electrons. The predicted octanol–water partition coefficient (Wildman–Crippen LogP) is 3.03. The first-order valence-electron chi connectivity index (χ1n) is 6.39. The third-order valence-corrected chi connectivity index (χ3v) is 3.06. The van der Waals surface area contributed by atoms with E-state index in [4.69, 9.17) is 12.2 Å². The van der Waals surface area contributed by atoms with Gasteiger partial charge in [0.05, 0.1) is 4.92 Å². The van der Waals surface area contributed by atoms with Crippen LogP contribution in [-0.2, 0) is 0 Å². The number of anilines is 1. The van der Waals surface area contributed by atoms with E-state index >= 15 is 0 Å². The molecule has 0 fully saturated rings. The summed E-state index contributed by atoms with van der Waals surface area (Å²) >= 11 is 5.05. The molecule has 0 unspecified atom stereocenters. The van der Waals surface area contributed by atoms with Gasteiger partial charge in [-0.05, 0) is 37.3 Å². The average Bonchev–Trinajstić information content (AvgIpc) is 2.49. The van der Waals surface area contributed by atoms with E-state index in [1.165, 1.54) is 24.3 Å². The molecule has 0 radical (unpaired) electrons. The Labute approximate surface area is 132 Å². The molecule has 0 spiro atoms. The highest BCUT2D eigenvalue weighted by atomic mass is 32.1. The number of rotatable bonds is 3. The standard InChI is InChI=1S/C15H13N3O3S/c1-10-5-7-12(8-6-10)16-15(22)17-14(19)11-3-2-4-13(9-11)18(20)21/h2-9H,1H3,(H2,16,17,19,22). The highest BCUT2D eigenvalue weighted by Gasteiger charge is 2.12. The minimum Gasteiger partial charge on any atom is -0.332 e. The molecule has 7 heteroatoms. The van der Waals surface area contributed by atoms with E-state index in [1.807, 2.05) is 31.2 Å². The molecule has 2 aromatic rings. The zero-order valence-corrected chi connectivity index (χ0v) is 12.5. The van der Waals surface area contributed by atoms with E-state index in [1.54, 1.807) is 0 Å².